The van der Waals surface area contributed by atoms with E-state index in [-0.39, 0.29) is 18.3 Å². The zero-order valence-electron chi connectivity index (χ0n) is 15.4. The molecular weight excluding hydrogens is 366 g/mol. The highest BCUT2D eigenvalue weighted by molar-refractivity contribution is 6.31. The van der Waals surface area contributed by atoms with Crippen LogP contribution in [-0.2, 0) is 13.2 Å². The number of aryl methyl sites for hydroxylation is 3. The summed E-state index contributed by atoms with van der Waals surface area (Å²) in [4.78, 5) is 12.2. The quantitative estimate of drug-likeness (QED) is 0.589. The summed E-state index contributed by atoms with van der Waals surface area (Å²) in [7, 11) is 0. The van der Waals surface area contributed by atoms with Crippen molar-refractivity contribution in [3.8, 4) is 5.75 Å². The van der Waals surface area contributed by atoms with Crippen LogP contribution in [0.15, 0.2) is 47.0 Å². The van der Waals surface area contributed by atoms with Gasteiger partial charge in [-0.25, -0.2) is 0 Å². The Morgan fingerprint density at radius 1 is 1.26 bits per heavy atom. The fourth-order valence-corrected chi connectivity index (χ4v) is 2.73. The van der Waals surface area contributed by atoms with Crippen LogP contribution in [0.3, 0.4) is 0 Å². The van der Waals surface area contributed by atoms with Gasteiger partial charge in [-0.3, -0.25) is 9.48 Å². The molecule has 0 fully saturated rings. The highest BCUT2D eigenvalue weighted by Crippen LogP contribution is 2.18. The molecule has 0 aliphatic rings. The maximum atomic E-state index is 12.2. The summed E-state index contributed by atoms with van der Waals surface area (Å²) in [6.07, 6.45) is 2.53. The topological polar surface area (TPSA) is 69.3 Å². The number of hydrogen-bond acceptors (Lipinski definition) is 4. The molecule has 6 nitrogen and oxygen atoms in total. The monoisotopic (exact) mass is 387 g/mol. The van der Waals surface area contributed by atoms with Gasteiger partial charge in [0.15, 0.2) is 5.76 Å². The molecular formula is C20H22ClN3O3. The molecule has 1 aromatic carbocycles. The number of nitrogens with zero attached hydrogens (tertiary/aromatic N) is 2. The Labute approximate surface area is 163 Å². The number of furan rings is 1. The molecule has 2 heterocycles. The van der Waals surface area contributed by atoms with Gasteiger partial charge in [-0.2, -0.15) is 5.10 Å². The Kier molecular flexibility index (Phi) is 6.19. The molecule has 142 valence electrons. The van der Waals surface area contributed by atoms with Gasteiger partial charge >= 0.3 is 0 Å². The minimum Gasteiger partial charge on any atom is -0.485 e. The number of benzene rings is 1. The Hall–Kier alpha value is -2.73. The summed E-state index contributed by atoms with van der Waals surface area (Å²) in [5, 5.41) is 7.77. The van der Waals surface area contributed by atoms with Crippen LogP contribution in [0.4, 0.5) is 0 Å². The van der Waals surface area contributed by atoms with Crippen molar-refractivity contribution in [2.75, 3.05) is 6.54 Å². The van der Waals surface area contributed by atoms with Gasteiger partial charge in [-0.1, -0.05) is 29.8 Å². The molecule has 0 saturated heterocycles. The molecule has 7 heteroatoms. The molecule has 2 aromatic heterocycles. The first-order chi connectivity index (χ1) is 13.0. The number of para-hydroxylation sites is 1. The van der Waals surface area contributed by atoms with E-state index in [1.165, 1.54) is 0 Å². The molecule has 0 radical (unpaired) electrons. The first-order valence-corrected chi connectivity index (χ1v) is 9.15. The summed E-state index contributed by atoms with van der Waals surface area (Å²) < 4.78 is 13.1. The van der Waals surface area contributed by atoms with E-state index < -0.39 is 0 Å². The van der Waals surface area contributed by atoms with E-state index in [4.69, 9.17) is 20.8 Å². The number of hydrogen-bond donors (Lipinski definition) is 1. The van der Waals surface area contributed by atoms with Crippen molar-refractivity contribution in [3.63, 3.8) is 0 Å². The van der Waals surface area contributed by atoms with Gasteiger partial charge in [0.25, 0.3) is 5.91 Å². The molecule has 0 atom stereocenters. The van der Waals surface area contributed by atoms with Crippen LogP contribution in [0.25, 0.3) is 0 Å². The predicted molar refractivity (Wildman–Crippen MR) is 103 cm³/mol. The number of aromatic nitrogens is 2. The summed E-state index contributed by atoms with van der Waals surface area (Å²) in [5.74, 6) is 1.43. The summed E-state index contributed by atoms with van der Waals surface area (Å²) in [6, 6.07) is 11.2. The third-order valence-corrected chi connectivity index (χ3v) is 4.46. The van der Waals surface area contributed by atoms with Crippen molar-refractivity contribution >= 4 is 17.5 Å². The van der Waals surface area contributed by atoms with Gasteiger partial charge in [-0.05, 0) is 44.0 Å². The SMILES string of the molecule is Cc1ccccc1OCc1ccc(C(=O)NCCCn2cc(Cl)c(C)n2)o1. The third kappa shape index (κ3) is 5.14. The summed E-state index contributed by atoms with van der Waals surface area (Å²) >= 11 is 5.97. The maximum Gasteiger partial charge on any atom is 0.286 e. The van der Waals surface area contributed by atoms with Crippen LogP contribution in [0.5, 0.6) is 5.75 Å². The van der Waals surface area contributed by atoms with Crippen LogP contribution >= 0.6 is 11.6 Å². The fourth-order valence-electron chi connectivity index (χ4n) is 2.58. The van der Waals surface area contributed by atoms with Gasteiger partial charge in [0.2, 0.25) is 0 Å². The molecule has 27 heavy (non-hydrogen) atoms. The summed E-state index contributed by atoms with van der Waals surface area (Å²) in [5.41, 5.74) is 1.85. The molecule has 3 aromatic rings. The Bertz CT molecular complexity index is 897. The minimum absolute atomic E-state index is 0.244. The molecule has 0 saturated carbocycles. The number of rotatable bonds is 8. The van der Waals surface area contributed by atoms with E-state index in [9.17, 15) is 4.79 Å². The first-order valence-electron chi connectivity index (χ1n) is 8.78. The number of ether oxygens (including phenoxy) is 1. The Morgan fingerprint density at radius 3 is 2.81 bits per heavy atom. The predicted octanol–water partition coefficient (Wildman–Crippen LogP) is 4.15. The second-order valence-electron chi connectivity index (χ2n) is 6.26. The molecule has 0 bridgehead atoms. The molecule has 1 N–H and O–H groups in total. The second kappa shape index (κ2) is 8.77. The van der Waals surface area contributed by atoms with Crippen molar-refractivity contribution in [3.05, 3.63) is 70.4 Å². The van der Waals surface area contributed by atoms with Gasteiger partial charge in [0, 0.05) is 19.3 Å². The molecule has 0 unspecified atom stereocenters. The average Bonchev–Trinajstić information content (AvgIpc) is 3.25. The molecule has 0 aliphatic carbocycles. The van der Waals surface area contributed by atoms with E-state index in [2.05, 4.69) is 10.4 Å². The van der Waals surface area contributed by atoms with Crippen molar-refractivity contribution in [2.24, 2.45) is 0 Å². The summed E-state index contributed by atoms with van der Waals surface area (Å²) in [6.45, 7) is 5.32. The average molecular weight is 388 g/mol. The van der Waals surface area contributed by atoms with Crippen molar-refractivity contribution in [1.29, 1.82) is 0 Å². The number of amides is 1. The lowest BCUT2D eigenvalue weighted by Crippen LogP contribution is -2.24. The van der Waals surface area contributed by atoms with E-state index in [1.54, 1.807) is 23.0 Å². The molecule has 0 aliphatic heterocycles. The highest BCUT2D eigenvalue weighted by Gasteiger charge is 2.11. The largest absolute Gasteiger partial charge is 0.485 e. The van der Waals surface area contributed by atoms with E-state index in [1.807, 2.05) is 38.1 Å². The van der Waals surface area contributed by atoms with Crippen molar-refractivity contribution in [2.45, 2.75) is 33.4 Å². The zero-order valence-corrected chi connectivity index (χ0v) is 16.1. The smallest absolute Gasteiger partial charge is 0.286 e. The van der Waals surface area contributed by atoms with Gasteiger partial charge in [0.1, 0.15) is 18.1 Å². The normalized spacial score (nSPS) is 10.8. The number of carbonyl (C=O) groups is 1. The molecule has 1 amide bonds. The van der Waals surface area contributed by atoms with Crippen LogP contribution in [0, 0.1) is 13.8 Å². The minimum atomic E-state index is -0.244. The second-order valence-corrected chi connectivity index (χ2v) is 6.66. The lowest BCUT2D eigenvalue weighted by Gasteiger charge is -2.07. The van der Waals surface area contributed by atoms with Crippen LogP contribution in [0.1, 0.15) is 34.0 Å². The first kappa shape index (κ1) is 19.0. The highest BCUT2D eigenvalue weighted by atomic mass is 35.5. The van der Waals surface area contributed by atoms with E-state index in [0.717, 1.165) is 23.4 Å². The standard InChI is InChI=1S/C20H22ClN3O3/c1-14-6-3-4-7-18(14)26-13-16-8-9-19(27-16)20(25)22-10-5-11-24-12-17(21)15(2)23-24/h3-4,6-9,12H,5,10-11,13H2,1-2H3,(H,22,25). The fraction of sp³-hybridized carbons (Fsp3) is 0.300. The molecule has 0 spiro atoms. The van der Waals surface area contributed by atoms with Crippen LogP contribution < -0.4 is 10.1 Å². The van der Waals surface area contributed by atoms with Crippen LogP contribution in [0.2, 0.25) is 5.02 Å². The number of nitrogens with one attached hydrogen (secondary N) is 1. The number of carbonyl (C=O) groups excluding carboxylic acids is 1. The van der Waals surface area contributed by atoms with E-state index in [0.29, 0.717) is 23.9 Å². The zero-order chi connectivity index (χ0) is 19.2. The van der Waals surface area contributed by atoms with E-state index >= 15 is 0 Å². The lowest BCUT2D eigenvalue weighted by molar-refractivity contribution is 0.0920. The molecule has 3 rings (SSSR count). The van der Waals surface area contributed by atoms with Gasteiger partial charge < -0.3 is 14.5 Å². The lowest BCUT2D eigenvalue weighted by atomic mass is 10.2. The number of halogens is 1. The van der Waals surface area contributed by atoms with Crippen molar-refractivity contribution in [1.82, 2.24) is 15.1 Å². The van der Waals surface area contributed by atoms with Gasteiger partial charge in [-0.15, -0.1) is 0 Å². The van der Waals surface area contributed by atoms with Crippen molar-refractivity contribution < 1.29 is 13.9 Å². The maximum absolute atomic E-state index is 12.2. The van der Waals surface area contributed by atoms with Gasteiger partial charge in [0.05, 0.1) is 10.7 Å². The third-order valence-electron chi connectivity index (χ3n) is 4.08. The Balaban J connectivity index is 1.43. The van der Waals surface area contributed by atoms with Crippen LogP contribution in [-0.4, -0.2) is 22.2 Å². The Morgan fingerprint density at radius 2 is 2.07 bits per heavy atom.